The van der Waals surface area contributed by atoms with Crippen LogP contribution < -0.4 is 4.74 Å². The number of ether oxygens (including phenoxy) is 1. The maximum Gasteiger partial charge on any atom is 0.219 e. The molecule has 0 aromatic carbocycles. The molecule has 1 amide bonds. The number of pyridine rings is 1. The van der Waals surface area contributed by atoms with Crippen LogP contribution in [0.4, 0.5) is 0 Å². The number of hydrogen-bond acceptors (Lipinski definition) is 4. The minimum Gasteiger partial charge on any atom is -0.489 e. The number of nitrogens with zero attached hydrogens (tertiary/aromatic N) is 3. The molecule has 0 atom stereocenters. The van der Waals surface area contributed by atoms with E-state index in [9.17, 15) is 4.79 Å². The molecule has 0 aliphatic carbocycles. The van der Waals surface area contributed by atoms with Crippen molar-refractivity contribution in [2.45, 2.75) is 25.9 Å². The largest absolute Gasteiger partial charge is 0.489 e. The van der Waals surface area contributed by atoms with Crippen molar-refractivity contribution < 1.29 is 9.53 Å². The zero-order valence-electron chi connectivity index (χ0n) is 12.0. The van der Waals surface area contributed by atoms with E-state index >= 15 is 0 Å². The smallest absolute Gasteiger partial charge is 0.219 e. The lowest BCUT2D eigenvalue weighted by Crippen LogP contribution is -2.40. The Bertz CT molecular complexity index is 587. The molecule has 0 unspecified atom stereocenters. The number of H-pyrrole nitrogens is 1. The van der Waals surface area contributed by atoms with Gasteiger partial charge in [0.15, 0.2) is 0 Å². The first-order chi connectivity index (χ1) is 10.2. The fraction of sp³-hybridized carbons (Fsp3) is 0.400. The molecule has 1 fully saturated rings. The second-order valence-electron chi connectivity index (χ2n) is 5.17. The Balaban J connectivity index is 1.58. The zero-order chi connectivity index (χ0) is 14.7. The monoisotopic (exact) mass is 286 g/mol. The van der Waals surface area contributed by atoms with Gasteiger partial charge in [-0.25, -0.2) is 0 Å². The van der Waals surface area contributed by atoms with E-state index < -0.39 is 0 Å². The molecule has 0 saturated carbocycles. The van der Waals surface area contributed by atoms with Crippen LogP contribution >= 0.6 is 0 Å². The van der Waals surface area contributed by atoms with E-state index in [2.05, 4.69) is 15.2 Å². The van der Waals surface area contributed by atoms with Gasteiger partial charge in [0.2, 0.25) is 5.91 Å². The molecule has 3 rings (SSSR count). The molecule has 110 valence electrons. The minimum absolute atomic E-state index is 0.138. The molecule has 1 aliphatic rings. The number of carbonyl (C=O) groups excluding carboxylic acids is 1. The molecule has 6 heteroatoms. The second-order valence-corrected chi connectivity index (χ2v) is 5.17. The highest BCUT2D eigenvalue weighted by Gasteiger charge is 2.21. The number of carbonyl (C=O) groups is 1. The van der Waals surface area contributed by atoms with Gasteiger partial charge in [-0.2, -0.15) is 5.10 Å². The number of nitrogens with one attached hydrogen (secondary N) is 1. The molecule has 0 bridgehead atoms. The molecule has 3 heterocycles. The number of piperidine rings is 1. The summed E-state index contributed by atoms with van der Waals surface area (Å²) in [7, 11) is 0. The first-order valence-electron chi connectivity index (χ1n) is 7.10. The maximum absolute atomic E-state index is 11.3. The van der Waals surface area contributed by atoms with Crippen molar-refractivity contribution in [1.29, 1.82) is 0 Å². The number of rotatable bonds is 3. The van der Waals surface area contributed by atoms with Crippen LogP contribution in [-0.4, -0.2) is 45.2 Å². The van der Waals surface area contributed by atoms with Crippen LogP contribution in [0, 0.1) is 0 Å². The fourth-order valence-corrected chi connectivity index (χ4v) is 2.49. The van der Waals surface area contributed by atoms with E-state index in [0.717, 1.165) is 43.1 Å². The average Bonchev–Trinajstić information content (AvgIpc) is 3.03. The molecule has 6 nitrogen and oxygen atoms in total. The lowest BCUT2D eigenvalue weighted by atomic mass is 10.1. The lowest BCUT2D eigenvalue weighted by Gasteiger charge is -2.31. The first-order valence-corrected chi connectivity index (χ1v) is 7.10. The Morgan fingerprint density at radius 3 is 2.71 bits per heavy atom. The topological polar surface area (TPSA) is 71.1 Å². The summed E-state index contributed by atoms with van der Waals surface area (Å²) in [6.07, 6.45) is 5.31. The summed E-state index contributed by atoms with van der Waals surface area (Å²) < 4.78 is 5.93. The third kappa shape index (κ3) is 3.21. The van der Waals surface area contributed by atoms with Crippen molar-refractivity contribution in [2.24, 2.45) is 0 Å². The van der Waals surface area contributed by atoms with Crippen molar-refractivity contribution in [3.05, 3.63) is 30.6 Å². The quantitative estimate of drug-likeness (QED) is 0.935. The molecule has 2 aromatic rings. The average molecular weight is 286 g/mol. The third-order valence-corrected chi connectivity index (χ3v) is 3.70. The van der Waals surface area contributed by atoms with Crippen LogP contribution in [0.2, 0.25) is 0 Å². The number of likely N-dealkylation sites (tertiary alicyclic amines) is 1. The Hall–Kier alpha value is -2.37. The highest BCUT2D eigenvalue weighted by molar-refractivity contribution is 5.73. The molecular weight excluding hydrogens is 268 g/mol. The first kappa shape index (κ1) is 13.6. The number of amides is 1. The van der Waals surface area contributed by atoms with E-state index in [4.69, 9.17) is 4.74 Å². The van der Waals surface area contributed by atoms with Gasteiger partial charge in [-0.15, -0.1) is 0 Å². The van der Waals surface area contributed by atoms with Gasteiger partial charge in [-0.3, -0.25) is 14.9 Å². The Morgan fingerprint density at radius 2 is 2.14 bits per heavy atom. The summed E-state index contributed by atoms with van der Waals surface area (Å²) >= 11 is 0. The van der Waals surface area contributed by atoms with Gasteiger partial charge >= 0.3 is 0 Å². The van der Waals surface area contributed by atoms with Crippen molar-refractivity contribution in [2.75, 3.05) is 13.1 Å². The normalized spacial score (nSPS) is 16.0. The summed E-state index contributed by atoms with van der Waals surface area (Å²) in [5, 5.41) is 6.79. The van der Waals surface area contributed by atoms with Gasteiger partial charge < -0.3 is 9.64 Å². The predicted octanol–water partition coefficient (Wildman–Crippen LogP) is 1.86. The highest BCUT2D eigenvalue weighted by atomic mass is 16.5. The van der Waals surface area contributed by atoms with Crippen LogP contribution in [0.3, 0.4) is 0 Å². The number of hydrogen-bond donors (Lipinski definition) is 1. The van der Waals surface area contributed by atoms with E-state index in [0.29, 0.717) is 0 Å². The zero-order valence-corrected chi connectivity index (χ0v) is 12.0. The summed E-state index contributed by atoms with van der Waals surface area (Å²) in [6.45, 7) is 3.14. The standard InChI is InChI=1S/C15H18N4O2/c1-11(20)19-8-5-12(6-9-19)21-13-2-3-14(16-10-13)15-4-7-17-18-15/h2-4,7,10,12H,5-6,8-9H2,1H3,(H,17,18). The van der Waals surface area contributed by atoms with Crippen molar-refractivity contribution in [3.8, 4) is 17.1 Å². The van der Waals surface area contributed by atoms with Crippen molar-refractivity contribution >= 4 is 5.91 Å². The second kappa shape index (κ2) is 5.95. The summed E-state index contributed by atoms with van der Waals surface area (Å²) in [4.78, 5) is 17.5. The molecule has 0 spiro atoms. The van der Waals surface area contributed by atoms with Crippen LogP contribution in [0.5, 0.6) is 5.75 Å². The summed E-state index contributed by atoms with van der Waals surface area (Å²) in [5.74, 6) is 0.901. The van der Waals surface area contributed by atoms with E-state index in [1.807, 2.05) is 23.1 Å². The fourth-order valence-electron chi connectivity index (χ4n) is 2.49. The van der Waals surface area contributed by atoms with Crippen molar-refractivity contribution in [1.82, 2.24) is 20.1 Å². The van der Waals surface area contributed by atoms with Gasteiger partial charge in [0.25, 0.3) is 0 Å². The lowest BCUT2D eigenvalue weighted by molar-refractivity contribution is -0.130. The van der Waals surface area contributed by atoms with Crippen LogP contribution in [-0.2, 0) is 4.79 Å². The van der Waals surface area contributed by atoms with Gasteiger partial charge in [0.1, 0.15) is 11.9 Å². The van der Waals surface area contributed by atoms with Gasteiger partial charge in [0.05, 0.1) is 17.6 Å². The van der Waals surface area contributed by atoms with E-state index in [1.165, 1.54) is 0 Å². The van der Waals surface area contributed by atoms with Gasteiger partial charge in [-0.05, 0) is 18.2 Å². The molecule has 2 aromatic heterocycles. The van der Waals surface area contributed by atoms with Crippen LogP contribution in [0.15, 0.2) is 30.6 Å². The molecule has 0 radical (unpaired) electrons. The number of aromatic nitrogens is 3. The molecule has 1 saturated heterocycles. The summed E-state index contributed by atoms with van der Waals surface area (Å²) in [5.41, 5.74) is 1.72. The Morgan fingerprint density at radius 1 is 1.33 bits per heavy atom. The van der Waals surface area contributed by atoms with Gasteiger partial charge in [0, 0.05) is 39.1 Å². The highest BCUT2D eigenvalue weighted by Crippen LogP contribution is 2.21. The predicted molar refractivity (Wildman–Crippen MR) is 77.7 cm³/mol. The van der Waals surface area contributed by atoms with Crippen LogP contribution in [0.1, 0.15) is 19.8 Å². The van der Waals surface area contributed by atoms with E-state index in [1.54, 1.807) is 19.3 Å². The SMILES string of the molecule is CC(=O)N1CCC(Oc2ccc(-c3ccn[nH]3)nc2)CC1. The minimum atomic E-state index is 0.138. The third-order valence-electron chi connectivity index (χ3n) is 3.70. The van der Waals surface area contributed by atoms with E-state index in [-0.39, 0.29) is 12.0 Å². The van der Waals surface area contributed by atoms with Crippen molar-refractivity contribution in [3.63, 3.8) is 0 Å². The Kier molecular flexibility index (Phi) is 3.85. The summed E-state index contributed by atoms with van der Waals surface area (Å²) in [6, 6.07) is 5.70. The molecular formula is C15H18N4O2. The Labute approximate surface area is 123 Å². The molecule has 21 heavy (non-hydrogen) atoms. The van der Waals surface area contributed by atoms with Crippen LogP contribution in [0.25, 0.3) is 11.4 Å². The molecule has 1 N–H and O–H groups in total. The molecule has 1 aliphatic heterocycles. The van der Waals surface area contributed by atoms with Gasteiger partial charge in [-0.1, -0.05) is 0 Å². The number of aromatic amines is 1. The maximum atomic E-state index is 11.3.